The molecule has 41 heavy (non-hydrogen) atoms. The van der Waals surface area contributed by atoms with Crippen LogP contribution in [0.15, 0.2) is 53.5 Å². The molecule has 0 aliphatic heterocycles. The Bertz CT molecular complexity index is 1480. The predicted octanol–water partition coefficient (Wildman–Crippen LogP) is 3.16. The summed E-state index contributed by atoms with van der Waals surface area (Å²) in [6, 6.07) is 16.0. The summed E-state index contributed by atoms with van der Waals surface area (Å²) in [5, 5.41) is 14.6. The number of aromatic amines is 1. The molecule has 2 aromatic heterocycles. The number of nitrogens with one attached hydrogen (secondary N) is 1. The second-order valence-corrected chi connectivity index (χ2v) is 10.1. The largest absolute Gasteiger partial charge is 0.467 e. The van der Waals surface area contributed by atoms with Crippen LogP contribution in [0.3, 0.4) is 0 Å². The first kappa shape index (κ1) is 29.7. The highest BCUT2D eigenvalue weighted by atomic mass is 35.5. The van der Waals surface area contributed by atoms with Crippen molar-refractivity contribution in [2.45, 2.75) is 51.1 Å². The van der Waals surface area contributed by atoms with Crippen molar-refractivity contribution in [2.24, 2.45) is 22.2 Å². The Morgan fingerprint density at radius 2 is 1.85 bits per heavy atom. The Morgan fingerprint density at radius 3 is 2.49 bits per heavy atom. The van der Waals surface area contributed by atoms with Crippen LogP contribution < -0.4 is 17.2 Å². The fraction of sp³-hybridized carbons (Fsp3) is 0.357. The number of hydrogen-bond acceptors (Lipinski definition) is 8. The van der Waals surface area contributed by atoms with Gasteiger partial charge in [-0.05, 0) is 41.2 Å². The zero-order valence-electron chi connectivity index (χ0n) is 23.2. The minimum atomic E-state index is -1.55. The first-order valence-electron chi connectivity index (χ1n) is 13.4. The van der Waals surface area contributed by atoms with Gasteiger partial charge in [0, 0.05) is 25.1 Å². The van der Waals surface area contributed by atoms with Gasteiger partial charge in [-0.2, -0.15) is 5.21 Å². The number of imidazole rings is 1. The number of unbranched alkanes of at least 4 members (excludes halogenated alkanes) is 1. The molecule has 0 spiro atoms. The maximum Gasteiger partial charge on any atom is 0.332 e. The number of H-pyrrole nitrogens is 1. The Labute approximate surface area is 243 Å². The number of aliphatic imine (C=N–C) groups is 1. The van der Waals surface area contributed by atoms with Gasteiger partial charge in [-0.25, -0.2) is 9.78 Å². The van der Waals surface area contributed by atoms with E-state index in [4.69, 9.17) is 33.5 Å². The van der Waals surface area contributed by atoms with Crippen molar-refractivity contribution >= 4 is 23.5 Å². The summed E-state index contributed by atoms with van der Waals surface area (Å²) in [4.78, 5) is 21.8. The molecule has 0 saturated carbocycles. The fourth-order valence-electron chi connectivity index (χ4n) is 4.83. The second kappa shape index (κ2) is 13.4. The summed E-state index contributed by atoms with van der Waals surface area (Å²) in [6.45, 7) is 2.82. The highest BCUT2D eigenvalue weighted by Gasteiger charge is 2.42. The third-order valence-corrected chi connectivity index (χ3v) is 7.14. The lowest BCUT2D eigenvalue weighted by molar-refractivity contribution is -0.148. The van der Waals surface area contributed by atoms with Gasteiger partial charge in [-0.15, -0.1) is 10.2 Å². The normalized spacial score (nSPS) is 12.6. The van der Waals surface area contributed by atoms with E-state index in [1.807, 2.05) is 53.1 Å². The van der Waals surface area contributed by atoms with E-state index in [1.54, 1.807) is 0 Å². The smallest absolute Gasteiger partial charge is 0.332 e. The Balaban J connectivity index is 1.70. The topological polar surface area (TPSA) is 189 Å². The van der Waals surface area contributed by atoms with Crippen LogP contribution in [-0.2, 0) is 28.0 Å². The highest BCUT2D eigenvalue weighted by molar-refractivity contribution is 6.30. The third kappa shape index (κ3) is 6.72. The average Bonchev–Trinajstić information content (AvgIpc) is 3.62. The number of rotatable bonds is 13. The Morgan fingerprint density at radius 1 is 1.12 bits per heavy atom. The summed E-state index contributed by atoms with van der Waals surface area (Å²) in [5.41, 5.74) is 20.4. The standard InChI is InChI=1S/C28H35ClN10O2/c1-3-4-10-22-34-24(29)23(28(32,26(40)41-2)15-7-16-33-27(30)31)39(22)17-18-11-13-19(14-12-18)20-8-5-6-9-21(20)25-35-37-38-36-25/h5-6,8-9,11-14H,3-4,7,10,15-17,32H2,1-2H3,(H4,30,31,33)(H,35,36,37,38)/t28-/m1/s1. The Kier molecular flexibility index (Phi) is 9.69. The molecule has 7 N–H and O–H groups in total. The van der Waals surface area contributed by atoms with Crippen molar-refractivity contribution in [3.8, 4) is 22.5 Å². The van der Waals surface area contributed by atoms with Gasteiger partial charge in [0.2, 0.25) is 5.82 Å². The van der Waals surface area contributed by atoms with Gasteiger partial charge >= 0.3 is 5.97 Å². The number of aryl methyl sites for hydroxylation is 1. The van der Waals surface area contributed by atoms with Crippen LogP contribution in [-0.4, -0.2) is 55.8 Å². The van der Waals surface area contributed by atoms with Gasteiger partial charge in [-0.3, -0.25) is 4.99 Å². The van der Waals surface area contributed by atoms with Crippen LogP contribution >= 0.6 is 11.6 Å². The van der Waals surface area contributed by atoms with Gasteiger partial charge in [0.25, 0.3) is 0 Å². The molecule has 0 fully saturated rings. The van der Waals surface area contributed by atoms with Crippen molar-refractivity contribution in [1.29, 1.82) is 0 Å². The molecule has 216 valence electrons. The van der Waals surface area contributed by atoms with E-state index in [9.17, 15) is 4.79 Å². The summed E-state index contributed by atoms with van der Waals surface area (Å²) in [6.07, 6.45) is 3.19. The lowest BCUT2D eigenvalue weighted by Gasteiger charge is -2.28. The summed E-state index contributed by atoms with van der Waals surface area (Å²) in [7, 11) is 1.30. The molecule has 4 rings (SSSR count). The van der Waals surface area contributed by atoms with Crippen molar-refractivity contribution in [2.75, 3.05) is 13.7 Å². The quantitative estimate of drug-likeness (QED) is 0.0798. The number of aromatic nitrogens is 6. The molecule has 12 nitrogen and oxygen atoms in total. The predicted molar refractivity (Wildman–Crippen MR) is 158 cm³/mol. The molecule has 13 heteroatoms. The number of nitrogens with zero attached hydrogens (tertiary/aromatic N) is 6. The Hall–Kier alpha value is -4.29. The molecule has 1 atom stereocenters. The second-order valence-electron chi connectivity index (χ2n) is 9.71. The number of esters is 1. The molecule has 4 aromatic rings. The lowest BCUT2D eigenvalue weighted by Crippen LogP contribution is -2.48. The van der Waals surface area contributed by atoms with Crippen LogP contribution in [0.2, 0.25) is 5.15 Å². The van der Waals surface area contributed by atoms with Gasteiger partial charge in [0.1, 0.15) is 5.82 Å². The van der Waals surface area contributed by atoms with Gasteiger partial charge in [-0.1, -0.05) is 73.5 Å². The minimum absolute atomic E-state index is 0.0287. The molecular formula is C28H35ClN10O2. The van der Waals surface area contributed by atoms with Crippen molar-refractivity contribution in [3.05, 3.63) is 70.8 Å². The molecule has 0 aliphatic rings. The van der Waals surface area contributed by atoms with Gasteiger partial charge in [0.15, 0.2) is 16.7 Å². The van der Waals surface area contributed by atoms with E-state index in [-0.39, 0.29) is 17.5 Å². The molecule has 0 radical (unpaired) electrons. The molecule has 2 aromatic carbocycles. The first-order valence-corrected chi connectivity index (χ1v) is 13.8. The number of tetrazole rings is 1. The summed E-state index contributed by atoms with van der Waals surface area (Å²) < 4.78 is 7.08. The zero-order valence-corrected chi connectivity index (χ0v) is 23.9. The number of carbonyl (C=O) groups excluding carboxylic acids is 1. The summed E-state index contributed by atoms with van der Waals surface area (Å²) >= 11 is 6.71. The number of nitrogens with two attached hydrogens (primary N) is 3. The molecule has 0 unspecified atom stereocenters. The van der Waals surface area contributed by atoms with Crippen molar-refractivity contribution in [3.63, 3.8) is 0 Å². The SMILES string of the molecule is CCCCc1nc(Cl)c([C@](N)(CCCN=C(N)N)C(=O)OC)n1Cc1ccc(-c2ccccc2-c2nn[nH]n2)cc1. The van der Waals surface area contributed by atoms with Crippen LogP contribution in [0, 0.1) is 0 Å². The van der Waals surface area contributed by atoms with E-state index in [0.29, 0.717) is 37.4 Å². The average molecular weight is 579 g/mol. The highest BCUT2D eigenvalue weighted by Crippen LogP contribution is 2.34. The number of benzene rings is 2. The number of guanidine groups is 1. The molecule has 0 saturated heterocycles. The van der Waals surface area contributed by atoms with Crippen LogP contribution in [0.25, 0.3) is 22.5 Å². The molecular weight excluding hydrogens is 544 g/mol. The lowest BCUT2D eigenvalue weighted by atomic mass is 9.90. The van der Waals surface area contributed by atoms with E-state index in [2.05, 4.69) is 37.5 Å². The van der Waals surface area contributed by atoms with E-state index in [0.717, 1.165) is 40.9 Å². The molecule has 0 amide bonds. The van der Waals surface area contributed by atoms with Gasteiger partial charge in [0.05, 0.1) is 12.8 Å². The molecule has 2 heterocycles. The summed E-state index contributed by atoms with van der Waals surface area (Å²) in [5.74, 6) is 0.630. The molecule has 0 bridgehead atoms. The minimum Gasteiger partial charge on any atom is -0.467 e. The molecule has 0 aliphatic carbocycles. The van der Waals surface area contributed by atoms with Crippen LogP contribution in [0.4, 0.5) is 0 Å². The number of carbonyl (C=O) groups is 1. The van der Waals surface area contributed by atoms with E-state index in [1.165, 1.54) is 7.11 Å². The van der Waals surface area contributed by atoms with Crippen LogP contribution in [0.1, 0.15) is 49.7 Å². The van der Waals surface area contributed by atoms with Gasteiger partial charge < -0.3 is 26.5 Å². The number of methoxy groups -OCH3 is 1. The number of ether oxygens (including phenoxy) is 1. The monoisotopic (exact) mass is 578 g/mol. The number of halogens is 1. The van der Waals surface area contributed by atoms with E-state index < -0.39 is 11.5 Å². The number of hydrogen-bond donors (Lipinski definition) is 4. The van der Waals surface area contributed by atoms with Crippen molar-refractivity contribution < 1.29 is 9.53 Å². The third-order valence-electron chi connectivity index (χ3n) is 6.87. The zero-order chi connectivity index (χ0) is 29.4. The van der Waals surface area contributed by atoms with Crippen LogP contribution in [0.5, 0.6) is 0 Å². The maximum absolute atomic E-state index is 13.1. The van der Waals surface area contributed by atoms with E-state index >= 15 is 0 Å². The fourth-order valence-corrected chi connectivity index (χ4v) is 5.20. The van der Waals surface area contributed by atoms with Crippen molar-refractivity contribution in [1.82, 2.24) is 30.2 Å². The maximum atomic E-state index is 13.1. The first-order chi connectivity index (χ1) is 19.8.